The van der Waals surface area contributed by atoms with Crippen LogP contribution in [0, 0.1) is 11.6 Å². The van der Waals surface area contributed by atoms with Gasteiger partial charge in [-0.25, -0.2) is 8.78 Å². The molecule has 35 heavy (non-hydrogen) atoms. The van der Waals surface area contributed by atoms with E-state index in [-0.39, 0.29) is 40.1 Å². The van der Waals surface area contributed by atoms with Crippen LogP contribution in [0.5, 0.6) is 0 Å². The minimum Gasteiger partial charge on any atom is -0.388 e. The quantitative estimate of drug-likeness (QED) is 0.209. The predicted molar refractivity (Wildman–Crippen MR) is 135 cm³/mol. The van der Waals surface area contributed by atoms with Gasteiger partial charge < -0.3 is 5.11 Å². The van der Waals surface area contributed by atoms with Crippen molar-refractivity contribution in [2.75, 3.05) is 25.2 Å². The maximum Gasteiger partial charge on any atom is 0.263 e. The molecule has 0 aliphatic carbocycles. The molecule has 1 N–H and O–H groups in total. The van der Waals surface area contributed by atoms with Crippen molar-refractivity contribution in [3.05, 3.63) is 69.1 Å². The van der Waals surface area contributed by atoms with Crippen LogP contribution >= 0.6 is 11.6 Å². The van der Waals surface area contributed by atoms with Gasteiger partial charge in [0.05, 0.1) is 16.1 Å². The molecule has 0 aliphatic heterocycles. The summed E-state index contributed by atoms with van der Waals surface area (Å²) in [6, 6.07) is 6.71. The molecule has 0 saturated heterocycles. The molecule has 1 unspecified atom stereocenters. The molecule has 1 atom stereocenters. The Bertz CT molecular complexity index is 1320. The Morgan fingerprint density at radius 2 is 1.94 bits per heavy atom. The average molecular weight is 505 g/mol. The zero-order chi connectivity index (χ0) is 25.9. The number of anilines is 1. The Morgan fingerprint density at radius 3 is 2.51 bits per heavy atom. The van der Waals surface area contributed by atoms with Gasteiger partial charge in [0.1, 0.15) is 23.9 Å². The number of likely N-dealkylation sites (N-methyl/N-ethyl adjacent to an activating group) is 1. The highest BCUT2D eigenvalue weighted by Gasteiger charge is 2.21. The molecule has 0 fully saturated rings. The summed E-state index contributed by atoms with van der Waals surface area (Å²) in [5.41, 5.74) is 0.0179. The van der Waals surface area contributed by atoms with Crippen molar-refractivity contribution in [2.45, 2.75) is 33.1 Å². The number of fused-ring (bicyclic) bond motifs is 1. The van der Waals surface area contributed by atoms with E-state index in [4.69, 9.17) is 11.6 Å². The van der Waals surface area contributed by atoms with Crippen LogP contribution in [-0.4, -0.2) is 47.0 Å². The molecule has 7 nitrogen and oxygen atoms in total. The van der Waals surface area contributed by atoms with Gasteiger partial charge in [0, 0.05) is 19.8 Å². The number of amidine groups is 1. The topological polar surface area (TPSA) is 78.1 Å². The lowest BCUT2D eigenvalue weighted by Gasteiger charge is -2.22. The molecular formula is C25H27ClF2N4O3. The fourth-order valence-electron chi connectivity index (χ4n) is 3.85. The van der Waals surface area contributed by atoms with Crippen molar-refractivity contribution >= 4 is 40.3 Å². The Morgan fingerprint density at radius 1 is 1.23 bits per heavy atom. The highest BCUT2D eigenvalue weighted by atomic mass is 35.5. The number of aliphatic hydroxyl groups excluding tert-OH is 1. The van der Waals surface area contributed by atoms with E-state index >= 15 is 4.39 Å². The number of hydrogen-bond acceptors (Lipinski definition) is 5. The first kappa shape index (κ1) is 26.3. The number of aliphatic hydroxyl groups is 1. The van der Waals surface area contributed by atoms with E-state index in [1.54, 1.807) is 13.1 Å². The third-order valence-electron chi connectivity index (χ3n) is 5.99. The van der Waals surface area contributed by atoms with Crippen LogP contribution in [0.4, 0.5) is 14.5 Å². The zero-order valence-electron chi connectivity index (χ0n) is 19.9. The summed E-state index contributed by atoms with van der Waals surface area (Å²) in [6.45, 7) is 5.37. The van der Waals surface area contributed by atoms with Gasteiger partial charge in [-0.3, -0.25) is 24.1 Å². The van der Waals surface area contributed by atoms with Crippen LogP contribution in [0.2, 0.25) is 5.02 Å². The van der Waals surface area contributed by atoms with Crippen molar-refractivity contribution in [3.8, 4) is 5.69 Å². The van der Waals surface area contributed by atoms with Gasteiger partial charge in [-0.05, 0) is 54.5 Å². The Hall–Kier alpha value is -3.30. The first-order valence-corrected chi connectivity index (χ1v) is 11.5. The predicted octanol–water partition coefficient (Wildman–Crippen LogP) is 4.66. The van der Waals surface area contributed by atoms with Crippen LogP contribution in [0.15, 0.2) is 46.4 Å². The normalized spacial score (nSPS) is 12.6. The molecule has 1 amide bonds. The fraction of sp³-hybridized carbons (Fsp3) is 0.320. The number of nitrogens with zero attached hydrogens (tertiary/aromatic N) is 4. The number of amides is 1. The van der Waals surface area contributed by atoms with E-state index in [1.165, 1.54) is 41.2 Å². The average Bonchev–Trinajstić information content (AvgIpc) is 2.84. The van der Waals surface area contributed by atoms with Crippen LogP contribution in [0.1, 0.15) is 38.7 Å². The van der Waals surface area contributed by atoms with Gasteiger partial charge in [-0.15, -0.1) is 0 Å². The largest absolute Gasteiger partial charge is 0.388 e. The van der Waals surface area contributed by atoms with E-state index < -0.39 is 23.8 Å². The lowest BCUT2D eigenvalue weighted by atomic mass is 9.94. The Labute approximate surface area is 206 Å². The molecule has 186 valence electrons. The number of benzene rings is 2. The maximum atomic E-state index is 15.3. The van der Waals surface area contributed by atoms with Crippen LogP contribution in [0.3, 0.4) is 0 Å². The van der Waals surface area contributed by atoms with Crippen molar-refractivity contribution in [1.82, 2.24) is 9.47 Å². The summed E-state index contributed by atoms with van der Waals surface area (Å²) in [5, 5.41) is 15.6. The summed E-state index contributed by atoms with van der Waals surface area (Å²) in [7, 11) is 1.47. The highest BCUT2D eigenvalue weighted by Crippen LogP contribution is 2.33. The van der Waals surface area contributed by atoms with E-state index in [2.05, 4.69) is 5.10 Å². The van der Waals surface area contributed by atoms with E-state index in [9.17, 15) is 19.1 Å². The maximum absolute atomic E-state index is 15.3. The third-order valence-corrected chi connectivity index (χ3v) is 6.30. The standard InChI is InChI=1S/C25H27ClF2N4O3/c1-5-15(3)18-12-32(24-19(26)8-7-9-20(24)27)25(35)17-10-21(28)22(11-16(17)18)30(4)29-23(13-33)31(6-2)14-34/h7-12,14-15,33H,5-6,13H2,1-4H3/b29-23-. The van der Waals surface area contributed by atoms with Crippen LogP contribution in [0.25, 0.3) is 16.5 Å². The van der Waals surface area contributed by atoms with Crippen LogP contribution < -0.4 is 10.6 Å². The van der Waals surface area contributed by atoms with E-state index in [0.29, 0.717) is 23.8 Å². The number of para-hydroxylation sites is 1. The van der Waals surface area contributed by atoms with E-state index in [0.717, 1.165) is 10.6 Å². The monoisotopic (exact) mass is 504 g/mol. The zero-order valence-corrected chi connectivity index (χ0v) is 20.7. The number of halogens is 3. The SMILES string of the molecule is CCC(C)c1cn(-c2c(F)cccc2Cl)c(=O)c2cc(F)c(N(C)/N=C(/CO)N(C=O)CC)cc12. The first-order chi connectivity index (χ1) is 16.7. The molecule has 10 heteroatoms. The molecule has 0 spiro atoms. The van der Waals surface area contributed by atoms with Gasteiger partial charge in [-0.1, -0.05) is 31.5 Å². The highest BCUT2D eigenvalue weighted by molar-refractivity contribution is 6.32. The Kier molecular flexibility index (Phi) is 8.24. The molecule has 0 radical (unpaired) electrons. The molecule has 3 aromatic rings. The number of rotatable bonds is 8. The van der Waals surface area contributed by atoms with Crippen molar-refractivity contribution in [3.63, 3.8) is 0 Å². The van der Waals surface area contributed by atoms with Gasteiger partial charge in [0.25, 0.3) is 5.56 Å². The minimum atomic E-state index is -0.750. The second-order valence-corrected chi connectivity index (χ2v) is 8.48. The number of hydrogen-bond donors (Lipinski definition) is 1. The Balaban J connectivity index is 2.30. The summed E-state index contributed by atoms with van der Waals surface area (Å²) < 4.78 is 31.1. The molecule has 2 aromatic carbocycles. The number of pyridine rings is 1. The summed E-state index contributed by atoms with van der Waals surface area (Å²) in [6.07, 6.45) is 2.77. The third kappa shape index (κ3) is 5.06. The summed E-state index contributed by atoms with van der Waals surface area (Å²) in [5.74, 6) is -1.44. The lowest BCUT2D eigenvalue weighted by molar-refractivity contribution is -0.114. The second kappa shape index (κ2) is 11.0. The molecule has 0 aliphatic rings. The van der Waals surface area contributed by atoms with Crippen molar-refractivity contribution < 1.29 is 18.7 Å². The minimum absolute atomic E-state index is 0.0380. The summed E-state index contributed by atoms with van der Waals surface area (Å²) in [4.78, 5) is 25.8. The number of carbonyl (C=O) groups excluding carboxylic acids is 1. The van der Waals surface area contributed by atoms with Gasteiger partial charge in [0.15, 0.2) is 5.84 Å². The second-order valence-electron chi connectivity index (χ2n) is 8.08. The molecule has 1 heterocycles. The van der Waals surface area contributed by atoms with E-state index in [1.807, 2.05) is 13.8 Å². The molecule has 0 saturated carbocycles. The smallest absolute Gasteiger partial charge is 0.263 e. The van der Waals surface area contributed by atoms with Crippen LogP contribution in [-0.2, 0) is 4.79 Å². The number of carbonyl (C=O) groups is 1. The number of hydrazone groups is 1. The number of aromatic nitrogens is 1. The lowest BCUT2D eigenvalue weighted by Crippen LogP contribution is -2.34. The van der Waals surface area contributed by atoms with Gasteiger partial charge in [0.2, 0.25) is 6.41 Å². The molecule has 3 rings (SSSR count). The van der Waals surface area contributed by atoms with Crippen molar-refractivity contribution in [2.24, 2.45) is 5.10 Å². The molecule has 1 aromatic heterocycles. The first-order valence-electron chi connectivity index (χ1n) is 11.2. The van der Waals surface area contributed by atoms with Gasteiger partial charge >= 0.3 is 0 Å². The summed E-state index contributed by atoms with van der Waals surface area (Å²) >= 11 is 6.22. The molecule has 0 bridgehead atoms. The van der Waals surface area contributed by atoms with Gasteiger partial charge in [-0.2, -0.15) is 5.10 Å². The fourth-order valence-corrected chi connectivity index (χ4v) is 4.10. The molecular weight excluding hydrogens is 478 g/mol. The van der Waals surface area contributed by atoms with Crippen molar-refractivity contribution in [1.29, 1.82) is 0 Å².